The number of benzene rings is 1. The van der Waals surface area contributed by atoms with Crippen molar-refractivity contribution in [1.82, 2.24) is 15.3 Å². The van der Waals surface area contributed by atoms with Crippen LogP contribution in [0.3, 0.4) is 0 Å². The monoisotopic (exact) mass is 327 g/mol. The number of hydrogen-bond donors (Lipinski definition) is 2. The van der Waals surface area contributed by atoms with Gasteiger partial charge < -0.3 is 10.3 Å². The number of carbonyl (C=O) groups is 1. The number of imidazole rings is 1. The fraction of sp³-hybridized carbons (Fsp3) is 0.333. The highest BCUT2D eigenvalue weighted by Gasteiger charge is 2.21. The van der Waals surface area contributed by atoms with Crippen molar-refractivity contribution in [2.45, 2.75) is 32.7 Å². The van der Waals surface area contributed by atoms with E-state index in [0.29, 0.717) is 6.42 Å². The van der Waals surface area contributed by atoms with Gasteiger partial charge in [-0.05, 0) is 35.9 Å². The molecule has 0 unspecified atom stereocenters. The third kappa shape index (κ3) is 3.79. The van der Waals surface area contributed by atoms with E-state index in [-0.39, 0.29) is 17.9 Å². The number of amides is 1. The van der Waals surface area contributed by atoms with E-state index in [9.17, 15) is 4.79 Å². The molecule has 0 aliphatic rings. The van der Waals surface area contributed by atoms with Gasteiger partial charge in [-0.25, -0.2) is 4.98 Å². The Bertz CT molecular complexity index is 744. The molecule has 0 radical (unpaired) electrons. The molecule has 2 N–H and O–H groups in total. The SMILES string of the molecule is CC(C)[C@H](NC(=O)CCc1cccs1)c1nc2ccccc2[nH]1. The summed E-state index contributed by atoms with van der Waals surface area (Å²) in [5, 5.41) is 5.17. The number of H-pyrrole nitrogens is 1. The predicted octanol–water partition coefficient (Wildman–Crippen LogP) is 4.07. The molecular weight excluding hydrogens is 306 g/mol. The summed E-state index contributed by atoms with van der Waals surface area (Å²) in [7, 11) is 0. The van der Waals surface area contributed by atoms with E-state index in [1.54, 1.807) is 11.3 Å². The second kappa shape index (κ2) is 6.96. The first-order chi connectivity index (χ1) is 11.1. The zero-order valence-electron chi connectivity index (χ0n) is 13.4. The van der Waals surface area contributed by atoms with E-state index >= 15 is 0 Å². The Hall–Kier alpha value is -2.14. The maximum atomic E-state index is 12.3. The van der Waals surface area contributed by atoms with Crippen molar-refractivity contribution in [3.05, 3.63) is 52.5 Å². The fourth-order valence-corrected chi connectivity index (χ4v) is 3.32. The number of para-hydroxylation sites is 2. The van der Waals surface area contributed by atoms with Crippen LogP contribution in [0.1, 0.15) is 37.0 Å². The van der Waals surface area contributed by atoms with Crippen molar-refractivity contribution in [1.29, 1.82) is 0 Å². The molecule has 5 heteroatoms. The lowest BCUT2D eigenvalue weighted by Gasteiger charge is -2.20. The van der Waals surface area contributed by atoms with Gasteiger partial charge in [-0.2, -0.15) is 0 Å². The lowest BCUT2D eigenvalue weighted by atomic mass is 10.0. The molecule has 2 aromatic heterocycles. The Morgan fingerprint density at radius 2 is 2.09 bits per heavy atom. The molecule has 0 aliphatic heterocycles. The van der Waals surface area contributed by atoms with Crippen molar-refractivity contribution in [2.75, 3.05) is 0 Å². The molecule has 0 bridgehead atoms. The van der Waals surface area contributed by atoms with Crippen LogP contribution < -0.4 is 5.32 Å². The molecule has 2 heterocycles. The topological polar surface area (TPSA) is 57.8 Å². The third-order valence-electron chi connectivity index (χ3n) is 3.86. The first-order valence-electron chi connectivity index (χ1n) is 7.90. The van der Waals surface area contributed by atoms with Gasteiger partial charge in [0.15, 0.2) is 0 Å². The van der Waals surface area contributed by atoms with E-state index in [4.69, 9.17) is 0 Å². The third-order valence-corrected chi connectivity index (χ3v) is 4.80. The minimum atomic E-state index is -0.0989. The van der Waals surface area contributed by atoms with Gasteiger partial charge in [-0.15, -0.1) is 11.3 Å². The number of aryl methyl sites for hydroxylation is 1. The number of rotatable bonds is 6. The summed E-state index contributed by atoms with van der Waals surface area (Å²) in [6.07, 6.45) is 1.29. The second-order valence-corrected chi connectivity index (χ2v) is 7.04. The number of hydrogen-bond acceptors (Lipinski definition) is 3. The Morgan fingerprint density at radius 1 is 1.26 bits per heavy atom. The number of aromatic nitrogens is 2. The molecule has 0 saturated heterocycles. The Morgan fingerprint density at radius 3 is 2.78 bits per heavy atom. The van der Waals surface area contributed by atoms with Gasteiger partial charge in [0.1, 0.15) is 5.82 Å². The maximum Gasteiger partial charge on any atom is 0.220 e. The van der Waals surface area contributed by atoms with Crippen LogP contribution in [-0.4, -0.2) is 15.9 Å². The molecule has 1 aromatic carbocycles. The molecule has 1 amide bonds. The molecule has 0 saturated carbocycles. The van der Waals surface area contributed by atoms with Crippen molar-refractivity contribution in [2.24, 2.45) is 5.92 Å². The van der Waals surface area contributed by atoms with Crippen LogP contribution in [0, 0.1) is 5.92 Å². The molecule has 120 valence electrons. The van der Waals surface area contributed by atoms with E-state index in [0.717, 1.165) is 23.3 Å². The van der Waals surface area contributed by atoms with Gasteiger partial charge in [0, 0.05) is 11.3 Å². The Kier molecular flexibility index (Phi) is 4.76. The molecule has 4 nitrogen and oxygen atoms in total. The normalized spacial score (nSPS) is 12.7. The number of aromatic amines is 1. The maximum absolute atomic E-state index is 12.3. The van der Waals surface area contributed by atoms with Crippen LogP contribution in [0.5, 0.6) is 0 Å². The van der Waals surface area contributed by atoms with Gasteiger partial charge in [-0.1, -0.05) is 32.0 Å². The largest absolute Gasteiger partial charge is 0.346 e. The quantitative estimate of drug-likeness (QED) is 0.717. The van der Waals surface area contributed by atoms with Crippen LogP contribution in [0.2, 0.25) is 0 Å². The summed E-state index contributed by atoms with van der Waals surface area (Å²) in [5.74, 6) is 1.16. The molecule has 3 rings (SSSR count). The fourth-order valence-electron chi connectivity index (χ4n) is 2.61. The Balaban J connectivity index is 1.69. The van der Waals surface area contributed by atoms with E-state index in [2.05, 4.69) is 35.2 Å². The summed E-state index contributed by atoms with van der Waals surface area (Å²) in [4.78, 5) is 21.5. The van der Waals surface area contributed by atoms with Crippen LogP contribution in [0.25, 0.3) is 11.0 Å². The number of nitrogens with zero attached hydrogens (tertiary/aromatic N) is 1. The summed E-state index contributed by atoms with van der Waals surface area (Å²) in [6, 6.07) is 11.9. The van der Waals surface area contributed by atoms with Gasteiger partial charge in [0.25, 0.3) is 0 Å². The van der Waals surface area contributed by atoms with Crippen molar-refractivity contribution < 1.29 is 4.79 Å². The van der Waals surface area contributed by atoms with E-state index in [1.165, 1.54) is 4.88 Å². The van der Waals surface area contributed by atoms with Gasteiger partial charge >= 0.3 is 0 Å². The lowest BCUT2D eigenvalue weighted by Crippen LogP contribution is -2.32. The van der Waals surface area contributed by atoms with E-state index in [1.807, 2.05) is 35.7 Å². The lowest BCUT2D eigenvalue weighted by molar-refractivity contribution is -0.122. The summed E-state index contributed by atoms with van der Waals surface area (Å²) < 4.78 is 0. The van der Waals surface area contributed by atoms with E-state index < -0.39 is 0 Å². The second-order valence-electron chi connectivity index (χ2n) is 6.01. The first kappa shape index (κ1) is 15.7. The number of nitrogens with one attached hydrogen (secondary N) is 2. The smallest absolute Gasteiger partial charge is 0.220 e. The van der Waals surface area contributed by atoms with Crippen LogP contribution in [0.4, 0.5) is 0 Å². The summed E-state index contributed by atoms with van der Waals surface area (Å²) >= 11 is 1.69. The van der Waals surface area contributed by atoms with Crippen molar-refractivity contribution in [3.8, 4) is 0 Å². The van der Waals surface area contributed by atoms with Crippen molar-refractivity contribution >= 4 is 28.3 Å². The van der Waals surface area contributed by atoms with Gasteiger partial charge in [0.2, 0.25) is 5.91 Å². The van der Waals surface area contributed by atoms with Gasteiger partial charge in [0.05, 0.1) is 17.1 Å². The van der Waals surface area contributed by atoms with Gasteiger partial charge in [-0.3, -0.25) is 4.79 Å². The molecule has 1 atom stereocenters. The predicted molar refractivity (Wildman–Crippen MR) is 94.5 cm³/mol. The number of thiophene rings is 1. The first-order valence-corrected chi connectivity index (χ1v) is 8.78. The molecule has 0 spiro atoms. The average molecular weight is 327 g/mol. The molecule has 3 aromatic rings. The molecule has 23 heavy (non-hydrogen) atoms. The minimum absolute atomic E-state index is 0.0672. The minimum Gasteiger partial charge on any atom is -0.346 e. The molecule has 0 aliphatic carbocycles. The highest BCUT2D eigenvalue weighted by molar-refractivity contribution is 7.09. The zero-order valence-corrected chi connectivity index (χ0v) is 14.2. The van der Waals surface area contributed by atoms with Crippen LogP contribution >= 0.6 is 11.3 Å². The summed E-state index contributed by atoms with van der Waals surface area (Å²) in [5.41, 5.74) is 1.93. The highest BCUT2D eigenvalue weighted by atomic mass is 32.1. The standard InChI is InChI=1S/C18H21N3OS/c1-12(2)17(18-19-14-7-3-4-8-15(14)20-18)21-16(22)10-9-13-6-5-11-23-13/h3-8,11-12,17H,9-10H2,1-2H3,(H,19,20)(H,21,22)/t17-/m0/s1. The van der Waals surface area contributed by atoms with Crippen molar-refractivity contribution in [3.63, 3.8) is 0 Å². The molecule has 0 fully saturated rings. The zero-order chi connectivity index (χ0) is 16.2. The number of fused-ring (bicyclic) bond motifs is 1. The average Bonchev–Trinajstić information content (AvgIpc) is 3.19. The van der Waals surface area contributed by atoms with Crippen LogP contribution in [0.15, 0.2) is 41.8 Å². The van der Waals surface area contributed by atoms with Crippen LogP contribution in [-0.2, 0) is 11.2 Å². The molecular formula is C18H21N3OS. The Labute approximate surface area is 140 Å². The summed E-state index contributed by atoms with van der Waals surface area (Å²) in [6.45, 7) is 4.19. The number of carbonyl (C=O) groups excluding carboxylic acids is 1. The highest BCUT2D eigenvalue weighted by Crippen LogP contribution is 2.22.